The molecule has 0 aromatic heterocycles. The zero-order valence-electron chi connectivity index (χ0n) is 19.4. The van der Waals surface area contributed by atoms with Crippen molar-refractivity contribution in [1.29, 1.82) is 0 Å². The van der Waals surface area contributed by atoms with Crippen molar-refractivity contribution in [3.8, 4) is 17.2 Å². The summed E-state index contributed by atoms with van der Waals surface area (Å²) in [7, 11) is 3.23. The second-order valence-corrected chi connectivity index (χ2v) is 7.32. The quantitative estimate of drug-likeness (QED) is 0.478. The van der Waals surface area contributed by atoms with Crippen molar-refractivity contribution < 1.29 is 23.8 Å². The van der Waals surface area contributed by atoms with Crippen LogP contribution in [0.15, 0.2) is 48.5 Å². The summed E-state index contributed by atoms with van der Waals surface area (Å²) < 4.78 is 16.1. The molecule has 0 saturated heterocycles. The van der Waals surface area contributed by atoms with Gasteiger partial charge in [0.2, 0.25) is 11.8 Å². The minimum atomic E-state index is -0.521. The van der Waals surface area contributed by atoms with Gasteiger partial charge in [0.15, 0.2) is 0 Å². The fourth-order valence-electron chi connectivity index (χ4n) is 3.37. The molecule has 1 atom stereocenters. The number of rotatable bonds is 13. The first kappa shape index (κ1) is 25.0. The lowest BCUT2D eigenvalue weighted by Gasteiger charge is -2.30. The topological polar surface area (TPSA) is 77.1 Å². The number of carbonyl (C=O) groups excluding carboxylic acids is 2. The van der Waals surface area contributed by atoms with E-state index < -0.39 is 6.04 Å². The van der Waals surface area contributed by atoms with E-state index in [2.05, 4.69) is 5.32 Å². The van der Waals surface area contributed by atoms with Crippen LogP contribution in [0, 0.1) is 0 Å². The second-order valence-electron chi connectivity index (χ2n) is 7.32. The first-order valence-electron chi connectivity index (χ1n) is 11.0. The molecule has 0 aliphatic heterocycles. The zero-order chi connectivity index (χ0) is 23.3. The first-order chi connectivity index (χ1) is 15.5. The number of likely N-dealkylation sites (N-methyl/N-ethyl adjacent to an activating group) is 1. The van der Waals surface area contributed by atoms with E-state index in [1.165, 1.54) is 0 Å². The molecule has 2 aromatic rings. The fourth-order valence-corrected chi connectivity index (χ4v) is 3.37. The van der Waals surface area contributed by atoms with E-state index in [1.54, 1.807) is 19.1 Å². The molecule has 7 nitrogen and oxygen atoms in total. The number of methoxy groups -OCH3 is 2. The van der Waals surface area contributed by atoms with Crippen LogP contribution >= 0.6 is 0 Å². The normalized spacial score (nSPS) is 11.4. The predicted octanol–water partition coefficient (Wildman–Crippen LogP) is 3.81. The standard InChI is InChI=1S/C25H34N2O5/c1-5-23(25(29)26-6-2)27(18-19-9-11-20(30-3)12-10-19)24(28)8-7-17-32-22-15-13-21(31-4)14-16-22/h9-16,23H,5-8,17-18H2,1-4H3,(H,26,29)/t23-/m0/s1. The maximum Gasteiger partial charge on any atom is 0.242 e. The van der Waals surface area contributed by atoms with E-state index in [0.29, 0.717) is 39.0 Å². The van der Waals surface area contributed by atoms with Gasteiger partial charge in [-0.25, -0.2) is 0 Å². The largest absolute Gasteiger partial charge is 0.497 e. The molecule has 0 heterocycles. The highest BCUT2D eigenvalue weighted by Crippen LogP contribution is 2.19. The van der Waals surface area contributed by atoms with Crippen LogP contribution in [0.1, 0.15) is 38.7 Å². The highest BCUT2D eigenvalue weighted by Gasteiger charge is 2.28. The minimum Gasteiger partial charge on any atom is -0.497 e. The van der Waals surface area contributed by atoms with Crippen LogP contribution in [-0.4, -0.2) is 50.1 Å². The Kier molecular flexibility index (Phi) is 10.4. The zero-order valence-corrected chi connectivity index (χ0v) is 19.4. The minimum absolute atomic E-state index is 0.0720. The molecule has 2 rings (SSSR count). The van der Waals surface area contributed by atoms with E-state index in [0.717, 1.165) is 22.8 Å². The summed E-state index contributed by atoms with van der Waals surface area (Å²) in [6, 6.07) is 14.3. The Bertz CT molecular complexity index is 836. The highest BCUT2D eigenvalue weighted by molar-refractivity contribution is 5.87. The van der Waals surface area contributed by atoms with Gasteiger partial charge in [0.25, 0.3) is 0 Å². The molecular formula is C25H34N2O5. The molecule has 32 heavy (non-hydrogen) atoms. The Morgan fingerprint density at radius 3 is 2.00 bits per heavy atom. The number of hydrogen-bond acceptors (Lipinski definition) is 5. The molecule has 0 unspecified atom stereocenters. The molecule has 7 heteroatoms. The highest BCUT2D eigenvalue weighted by atomic mass is 16.5. The van der Waals surface area contributed by atoms with Gasteiger partial charge in [-0.3, -0.25) is 9.59 Å². The number of carbonyl (C=O) groups is 2. The average Bonchev–Trinajstić information content (AvgIpc) is 2.82. The number of benzene rings is 2. The number of nitrogens with one attached hydrogen (secondary N) is 1. The summed E-state index contributed by atoms with van der Waals surface area (Å²) >= 11 is 0. The average molecular weight is 443 g/mol. The summed E-state index contributed by atoms with van der Waals surface area (Å²) in [5, 5.41) is 2.85. The van der Waals surface area contributed by atoms with Crippen molar-refractivity contribution in [3.05, 3.63) is 54.1 Å². The predicted molar refractivity (Wildman–Crippen MR) is 124 cm³/mol. The molecule has 174 valence electrons. The Morgan fingerprint density at radius 2 is 1.47 bits per heavy atom. The van der Waals surface area contributed by atoms with E-state index in [1.807, 2.05) is 62.4 Å². The van der Waals surface area contributed by atoms with Gasteiger partial charge in [-0.05, 0) is 61.7 Å². The van der Waals surface area contributed by atoms with Gasteiger partial charge in [-0.1, -0.05) is 19.1 Å². The van der Waals surface area contributed by atoms with E-state index >= 15 is 0 Å². The van der Waals surface area contributed by atoms with E-state index in [-0.39, 0.29) is 11.8 Å². The summed E-state index contributed by atoms with van der Waals surface area (Å²) in [4.78, 5) is 27.4. The van der Waals surface area contributed by atoms with E-state index in [4.69, 9.17) is 14.2 Å². The van der Waals surface area contributed by atoms with Crippen LogP contribution in [0.4, 0.5) is 0 Å². The van der Waals surface area contributed by atoms with Crippen molar-refractivity contribution in [2.45, 2.75) is 45.7 Å². The fraction of sp³-hybridized carbons (Fsp3) is 0.440. The molecule has 0 aliphatic carbocycles. The van der Waals surface area contributed by atoms with Crippen LogP contribution in [0.5, 0.6) is 17.2 Å². The van der Waals surface area contributed by atoms with Crippen molar-refractivity contribution in [3.63, 3.8) is 0 Å². The van der Waals surface area contributed by atoms with Crippen molar-refractivity contribution in [2.24, 2.45) is 0 Å². The van der Waals surface area contributed by atoms with E-state index in [9.17, 15) is 9.59 Å². The maximum atomic E-state index is 13.1. The molecular weight excluding hydrogens is 408 g/mol. The van der Waals surface area contributed by atoms with Gasteiger partial charge in [0.05, 0.1) is 20.8 Å². The van der Waals surface area contributed by atoms with Crippen LogP contribution in [0.3, 0.4) is 0 Å². The van der Waals surface area contributed by atoms with Crippen molar-refractivity contribution in [2.75, 3.05) is 27.4 Å². The number of hydrogen-bond donors (Lipinski definition) is 1. The lowest BCUT2D eigenvalue weighted by Crippen LogP contribution is -2.49. The van der Waals surface area contributed by atoms with Crippen LogP contribution in [0.2, 0.25) is 0 Å². The Balaban J connectivity index is 2.01. The van der Waals surface area contributed by atoms with Gasteiger partial charge in [-0.15, -0.1) is 0 Å². The Morgan fingerprint density at radius 1 is 0.906 bits per heavy atom. The molecule has 0 spiro atoms. The third kappa shape index (κ3) is 7.48. The van der Waals surface area contributed by atoms with Crippen LogP contribution in [-0.2, 0) is 16.1 Å². The summed E-state index contributed by atoms with van der Waals surface area (Å²) in [6.45, 7) is 5.08. The lowest BCUT2D eigenvalue weighted by molar-refractivity contribution is -0.141. The summed E-state index contributed by atoms with van der Waals surface area (Å²) in [6.07, 6.45) is 1.38. The second kappa shape index (κ2) is 13.2. The van der Waals surface area contributed by atoms with Gasteiger partial charge < -0.3 is 24.4 Å². The van der Waals surface area contributed by atoms with Gasteiger partial charge in [0.1, 0.15) is 23.3 Å². The van der Waals surface area contributed by atoms with Crippen LogP contribution < -0.4 is 19.5 Å². The van der Waals surface area contributed by atoms with Gasteiger partial charge >= 0.3 is 0 Å². The monoisotopic (exact) mass is 442 g/mol. The Hall–Kier alpha value is -3.22. The number of nitrogens with zero attached hydrogens (tertiary/aromatic N) is 1. The molecule has 0 saturated carbocycles. The number of amides is 2. The molecule has 0 fully saturated rings. The lowest BCUT2D eigenvalue weighted by atomic mass is 10.1. The summed E-state index contributed by atoms with van der Waals surface area (Å²) in [5.74, 6) is 2.03. The molecule has 0 radical (unpaired) electrons. The number of ether oxygens (including phenoxy) is 3. The van der Waals surface area contributed by atoms with Crippen molar-refractivity contribution in [1.82, 2.24) is 10.2 Å². The molecule has 0 bridgehead atoms. The third-order valence-corrected chi connectivity index (χ3v) is 5.11. The third-order valence-electron chi connectivity index (χ3n) is 5.11. The SMILES string of the molecule is CCNC(=O)[C@H](CC)N(Cc1ccc(OC)cc1)C(=O)CCCOc1ccc(OC)cc1. The first-order valence-corrected chi connectivity index (χ1v) is 11.0. The van der Waals surface area contributed by atoms with Crippen LogP contribution in [0.25, 0.3) is 0 Å². The summed E-state index contributed by atoms with van der Waals surface area (Å²) in [5.41, 5.74) is 0.941. The van der Waals surface area contributed by atoms with Crippen molar-refractivity contribution >= 4 is 11.8 Å². The molecule has 2 aromatic carbocycles. The van der Waals surface area contributed by atoms with Gasteiger partial charge in [0, 0.05) is 19.5 Å². The smallest absolute Gasteiger partial charge is 0.242 e. The molecule has 2 amide bonds. The maximum absolute atomic E-state index is 13.1. The van der Waals surface area contributed by atoms with Gasteiger partial charge in [-0.2, -0.15) is 0 Å². The molecule has 0 aliphatic rings. The Labute approximate surface area is 190 Å². The molecule has 1 N–H and O–H groups in total.